The molecule has 122 valence electrons. The SMILES string of the molecule is CCCC1(CCC(C)CC)c2ccccc2-c2ccc(C)cc21. The van der Waals surface area contributed by atoms with Crippen LogP contribution in [0.2, 0.25) is 0 Å². The number of rotatable bonds is 6. The maximum Gasteiger partial charge on any atom is 0.0215 e. The standard InChI is InChI=1S/C23H30/c1-5-14-23(15-13-17(3)6-2)21-10-8-7-9-19(21)20-12-11-18(4)16-22(20)23/h7-12,16-17H,5-6,13-15H2,1-4H3. The van der Waals surface area contributed by atoms with Gasteiger partial charge >= 0.3 is 0 Å². The lowest BCUT2D eigenvalue weighted by atomic mass is 9.70. The highest BCUT2D eigenvalue weighted by molar-refractivity contribution is 5.81. The topological polar surface area (TPSA) is 0 Å². The zero-order valence-electron chi connectivity index (χ0n) is 15.2. The van der Waals surface area contributed by atoms with E-state index in [1.54, 1.807) is 11.1 Å². The molecule has 2 aromatic rings. The Morgan fingerprint density at radius 3 is 2.39 bits per heavy atom. The van der Waals surface area contributed by atoms with Crippen LogP contribution in [0.1, 0.15) is 69.6 Å². The Bertz CT molecular complexity index is 682. The predicted octanol–water partition coefficient (Wildman–Crippen LogP) is 6.89. The molecule has 23 heavy (non-hydrogen) atoms. The molecule has 0 saturated heterocycles. The van der Waals surface area contributed by atoms with Crippen molar-refractivity contribution in [2.45, 2.75) is 65.2 Å². The second-order valence-corrected chi connectivity index (χ2v) is 7.48. The van der Waals surface area contributed by atoms with Crippen molar-refractivity contribution in [3.05, 3.63) is 59.2 Å². The Kier molecular flexibility index (Phi) is 4.62. The van der Waals surface area contributed by atoms with Gasteiger partial charge in [0, 0.05) is 5.41 Å². The molecule has 0 fully saturated rings. The zero-order chi connectivity index (χ0) is 16.4. The highest BCUT2D eigenvalue weighted by atomic mass is 14.4. The molecule has 0 aliphatic heterocycles. The molecule has 2 unspecified atom stereocenters. The largest absolute Gasteiger partial charge is 0.0653 e. The van der Waals surface area contributed by atoms with Gasteiger partial charge in [-0.15, -0.1) is 0 Å². The Morgan fingerprint density at radius 1 is 0.913 bits per heavy atom. The number of hydrogen-bond acceptors (Lipinski definition) is 0. The van der Waals surface area contributed by atoms with E-state index >= 15 is 0 Å². The molecular formula is C23H30. The molecule has 0 saturated carbocycles. The van der Waals surface area contributed by atoms with Gasteiger partial charge in [-0.2, -0.15) is 0 Å². The van der Waals surface area contributed by atoms with Crippen molar-refractivity contribution >= 4 is 0 Å². The van der Waals surface area contributed by atoms with Crippen molar-refractivity contribution < 1.29 is 0 Å². The molecule has 0 bridgehead atoms. The molecule has 0 nitrogen and oxygen atoms in total. The number of benzene rings is 2. The first-order valence-electron chi connectivity index (χ1n) is 9.33. The summed E-state index contributed by atoms with van der Waals surface area (Å²) < 4.78 is 0. The molecule has 0 N–H and O–H groups in total. The lowest BCUT2D eigenvalue weighted by molar-refractivity contribution is 0.376. The van der Waals surface area contributed by atoms with E-state index in [1.807, 2.05) is 0 Å². The molecule has 0 heterocycles. The fraction of sp³-hybridized carbons (Fsp3) is 0.478. The van der Waals surface area contributed by atoms with E-state index < -0.39 is 0 Å². The van der Waals surface area contributed by atoms with E-state index in [0.29, 0.717) is 0 Å². The minimum atomic E-state index is 0.232. The maximum atomic E-state index is 2.46. The van der Waals surface area contributed by atoms with Gasteiger partial charge < -0.3 is 0 Å². The molecule has 0 amide bonds. The Labute approximate surface area is 141 Å². The second kappa shape index (κ2) is 6.51. The number of aryl methyl sites for hydroxylation is 1. The van der Waals surface area contributed by atoms with Gasteiger partial charge in [0.05, 0.1) is 0 Å². The van der Waals surface area contributed by atoms with Crippen molar-refractivity contribution in [1.29, 1.82) is 0 Å². The first kappa shape index (κ1) is 16.3. The minimum absolute atomic E-state index is 0.232. The molecule has 1 aliphatic rings. The minimum Gasteiger partial charge on any atom is -0.0653 e. The Morgan fingerprint density at radius 2 is 1.65 bits per heavy atom. The van der Waals surface area contributed by atoms with Gasteiger partial charge in [0.1, 0.15) is 0 Å². The molecule has 1 aliphatic carbocycles. The molecular weight excluding hydrogens is 276 g/mol. The first-order chi connectivity index (χ1) is 11.1. The summed E-state index contributed by atoms with van der Waals surface area (Å²) in [6.07, 6.45) is 6.38. The van der Waals surface area contributed by atoms with Crippen LogP contribution in [-0.4, -0.2) is 0 Å². The van der Waals surface area contributed by atoms with Crippen LogP contribution in [0, 0.1) is 12.8 Å². The van der Waals surface area contributed by atoms with Crippen molar-refractivity contribution in [2.75, 3.05) is 0 Å². The third-order valence-electron chi connectivity index (χ3n) is 5.86. The van der Waals surface area contributed by atoms with E-state index in [-0.39, 0.29) is 5.41 Å². The predicted molar refractivity (Wildman–Crippen MR) is 101 cm³/mol. The molecule has 2 atom stereocenters. The average Bonchev–Trinajstić information content (AvgIpc) is 2.83. The fourth-order valence-corrected chi connectivity index (χ4v) is 4.36. The van der Waals surface area contributed by atoms with Crippen LogP contribution in [-0.2, 0) is 5.41 Å². The smallest absolute Gasteiger partial charge is 0.0215 e. The maximum absolute atomic E-state index is 2.46. The molecule has 0 spiro atoms. The number of fused-ring (bicyclic) bond motifs is 3. The Hall–Kier alpha value is -1.56. The van der Waals surface area contributed by atoms with Gasteiger partial charge in [-0.3, -0.25) is 0 Å². The molecule has 2 aromatic carbocycles. The van der Waals surface area contributed by atoms with Crippen molar-refractivity contribution in [3.63, 3.8) is 0 Å². The summed E-state index contributed by atoms with van der Waals surface area (Å²) in [5, 5.41) is 0. The van der Waals surface area contributed by atoms with Crippen LogP contribution in [0.3, 0.4) is 0 Å². The highest BCUT2D eigenvalue weighted by Crippen LogP contribution is 2.54. The quantitative estimate of drug-likeness (QED) is 0.545. The van der Waals surface area contributed by atoms with Crippen molar-refractivity contribution in [3.8, 4) is 11.1 Å². The summed E-state index contributed by atoms with van der Waals surface area (Å²) in [6.45, 7) is 9.28. The summed E-state index contributed by atoms with van der Waals surface area (Å²) in [6, 6.07) is 16.2. The van der Waals surface area contributed by atoms with Gasteiger partial charge in [-0.1, -0.05) is 81.6 Å². The van der Waals surface area contributed by atoms with E-state index in [1.165, 1.54) is 48.8 Å². The summed E-state index contributed by atoms with van der Waals surface area (Å²) in [7, 11) is 0. The van der Waals surface area contributed by atoms with Crippen LogP contribution in [0.4, 0.5) is 0 Å². The lowest BCUT2D eigenvalue weighted by Gasteiger charge is -2.33. The molecule has 0 radical (unpaired) electrons. The average molecular weight is 306 g/mol. The van der Waals surface area contributed by atoms with Gasteiger partial charge in [0.2, 0.25) is 0 Å². The van der Waals surface area contributed by atoms with E-state index in [2.05, 4.69) is 70.2 Å². The normalized spacial score (nSPS) is 20.2. The zero-order valence-corrected chi connectivity index (χ0v) is 15.2. The lowest BCUT2D eigenvalue weighted by Crippen LogP contribution is -2.26. The van der Waals surface area contributed by atoms with Crippen LogP contribution in [0.15, 0.2) is 42.5 Å². The number of hydrogen-bond donors (Lipinski definition) is 0. The summed E-state index contributed by atoms with van der Waals surface area (Å²) in [5.74, 6) is 0.810. The van der Waals surface area contributed by atoms with Gasteiger partial charge in [-0.05, 0) is 54.4 Å². The second-order valence-electron chi connectivity index (χ2n) is 7.48. The summed E-state index contributed by atoms with van der Waals surface area (Å²) in [5.41, 5.74) is 7.73. The van der Waals surface area contributed by atoms with Crippen LogP contribution in [0.25, 0.3) is 11.1 Å². The first-order valence-corrected chi connectivity index (χ1v) is 9.33. The van der Waals surface area contributed by atoms with Gasteiger partial charge in [0.15, 0.2) is 0 Å². The van der Waals surface area contributed by atoms with Crippen LogP contribution >= 0.6 is 0 Å². The van der Waals surface area contributed by atoms with Crippen LogP contribution in [0.5, 0.6) is 0 Å². The monoisotopic (exact) mass is 306 g/mol. The van der Waals surface area contributed by atoms with Gasteiger partial charge in [0.25, 0.3) is 0 Å². The fourth-order valence-electron chi connectivity index (χ4n) is 4.36. The summed E-state index contributed by atoms with van der Waals surface area (Å²) in [4.78, 5) is 0. The van der Waals surface area contributed by atoms with Crippen LogP contribution < -0.4 is 0 Å². The van der Waals surface area contributed by atoms with E-state index in [9.17, 15) is 0 Å². The molecule has 3 rings (SSSR count). The van der Waals surface area contributed by atoms with E-state index in [0.717, 1.165) is 5.92 Å². The highest BCUT2D eigenvalue weighted by Gasteiger charge is 2.41. The molecule has 0 heteroatoms. The third-order valence-corrected chi connectivity index (χ3v) is 5.86. The van der Waals surface area contributed by atoms with E-state index in [4.69, 9.17) is 0 Å². The molecule has 0 aromatic heterocycles. The van der Waals surface area contributed by atoms with Gasteiger partial charge in [-0.25, -0.2) is 0 Å². The van der Waals surface area contributed by atoms with Crippen molar-refractivity contribution in [2.24, 2.45) is 5.92 Å². The Balaban J connectivity index is 2.15. The third kappa shape index (κ3) is 2.73. The van der Waals surface area contributed by atoms with Crippen molar-refractivity contribution in [1.82, 2.24) is 0 Å². The summed E-state index contributed by atoms with van der Waals surface area (Å²) >= 11 is 0.